The number of amides is 2. The molecule has 7 nitrogen and oxygen atoms in total. The van der Waals surface area contributed by atoms with E-state index in [0.717, 1.165) is 25.9 Å². The second-order valence-corrected chi connectivity index (χ2v) is 7.03. The highest BCUT2D eigenvalue weighted by Crippen LogP contribution is 2.23. The molecule has 1 fully saturated rings. The van der Waals surface area contributed by atoms with Crippen molar-refractivity contribution in [1.29, 1.82) is 5.26 Å². The summed E-state index contributed by atoms with van der Waals surface area (Å²) in [5.74, 6) is -0.283. The van der Waals surface area contributed by atoms with E-state index >= 15 is 0 Å². The minimum absolute atomic E-state index is 0.0942. The van der Waals surface area contributed by atoms with Crippen molar-refractivity contribution in [1.82, 2.24) is 10.3 Å². The number of nitrogens with one attached hydrogen (secondary N) is 3. The van der Waals surface area contributed by atoms with Crippen LogP contribution in [0.5, 0.6) is 0 Å². The summed E-state index contributed by atoms with van der Waals surface area (Å²) in [4.78, 5) is 29.6. The SMILES string of the molecule is N#C/C=C\c1ccc(NC(=O)C2CCNCC2)c(C(=O)Nc2ccc(Cl)cn2)c1. The highest BCUT2D eigenvalue weighted by molar-refractivity contribution is 6.30. The van der Waals surface area contributed by atoms with E-state index in [4.69, 9.17) is 16.9 Å². The monoisotopic (exact) mass is 409 g/mol. The number of aromatic nitrogens is 1. The summed E-state index contributed by atoms with van der Waals surface area (Å²) in [6.45, 7) is 1.59. The molecule has 0 spiro atoms. The molecule has 2 heterocycles. The lowest BCUT2D eigenvalue weighted by molar-refractivity contribution is -0.120. The molecule has 0 radical (unpaired) electrons. The Bertz CT molecular complexity index is 960. The van der Waals surface area contributed by atoms with Crippen molar-refractivity contribution in [3.63, 3.8) is 0 Å². The highest BCUT2D eigenvalue weighted by atomic mass is 35.5. The first-order valence-corrected chi connectivity index (χ1v) is 9.59. The zero-order valence-corrected chi connectivity index (χ0v) is 16.4. The molecule has 2 aromatic rings. The van der Waals surface area contributed by atoms with Crippen molar-refractivity contribution in [2.75, 3.05) is 23.7 Å². The van der Waals surface area contributed by atoms with E-state index in [0.29, 0.717) is 22.1 Å². The molecule has 1 aliphatic rings. The maximum Gasteiger partial charge on any atom is 0.258 e. The van der Waals surface area contributed by atoms with Crippen molar-refractivity contribution in [3.8, 4) is 6.07 Å². The van der Waals surface area contributed by atoms with E-state index in [1.54, 1.807) is 36.4 Å². The number of carbonyl (C=O) groups is 2. The molecule has 3 rings (SSSR count). The van der Waals surface area contributed by atoms with Gasteiger partial charge in [0.1, 0.15) is 5.82 Å². The average Bonchev–Trinajstić information content (AvgIpc) is 2.75. The van der Waals surface area contributed by atoms with Gasteiger partial charge < -0.3 is 16.0 Å². The molecule has 3 N–H and O–H groups in total. The van der Waals surface area contributed by atoms with Crippen LogP contribution in [-0.2, 0) is 4.79 Å². The Kier molecular flexibility index (Phi) is 6.95. The Morgan fingerprint density at radius 1 is 1.21 bits per heavy atom. The molecule has 0 bridgehead atoms. The summed E-state index contributed by atoms with van der Waals surface area (Å²) in [5, 5.41) is 18.0. The molecule has 0 saturated carbocycles. The van der Waals surface area contributed by atoms with Gasteiger partial charge in [-0.2, -0.15) is 5.26 Å². The maximum atomic E-state index is 12.9. The van der Waals surface area contributed by atoms with Crippen molar-refractivity contribution < 1.29 is 9.59 Å². The summed E-state index contributed by atoms with van der Waals surface area (Å²) >= 11 is 5.83. The number of piperidine rings is 1. The molecule has 1 aromatic heterocycles. The Morgan fingerprint density at radius 2 is 2.00 bits per heavy atom. The van der Waals surface area contributed by atoms with Crippen molar-refractivity contribution in [2.45, 2.75) is 12.8 Å². The smallest absolute Gasteiger partial charge is 0.258 e. The summed E-state index contributed by atoms with van der Waals surface area (Å²) in [6, 6.07) is 10.2. The maximum absolute atomic E-state index is 12.9. The fourth-order valence-corrected chi connectivity index (χ4v) is 3.16. The van der Waals surface area contributed by atoms with E-state index in [1.807, 2.05) is 6.07 Å². The first-order valence-electron chi connectivity index (χ1n) is 9.21. The van der Waals surface area contributed by atoms with Crippen LogP contribution in [0.15, 0.2) is 42.6 Å². The molecule has 8 heteroatoms. The van der Waals surface area contributed by atoms with Crippen LogP contribution >= 0.6 is 11.6 Å². The fourth-order valence-electron chi connectivity index (χ4n) is 3.05. The molecular weight excluding hydrogens is 390 g/mol. The number of carbonyl (C=O) groups excluding carboxylic acids is 2. The van der Waals surface area contributed by atoms with Crippen LogP contribution in [0.3, 0.4) is 0 Å². The summed E-state index contributed by atoms with van der Waals surface area (Å²) in [7, 11) is 0. The Morgan fingerprint density at radius 3 is 2.69 bits per heavy atom. The lowest BCUT2D eigenvalue weighted by atomic mass is 9.97. The van der Waals surface area contributed by atoms with Crippen LogP contribution in [0, 0.1) is 17.2 Å². The number of hydrogen-bond acceptors (Lipinski definition) is 5. The van der Waals surface area contributed by atoms with Crippen LogP contribution in [-0.4, -0.2) is 29.9 Å². The second-order valence-electron chi connectivity index (χ2n) is 6.60. The average molecular weight is 410 g/mol. The molecule has 0 aliphatic carbocycles. The van der Waals surface area contributed by atoms with Gasteiger partial charge in [-0.3, -0.25) is 9.59 Å². The minimum Gasteiger partial charge on any atom is -0.325 e. The van der Waals surface area contributed by atoms with Gasteiger partial charge in [0.2, 0.25) is 5.91 Å². The number of anilines is 2. The predicted molar refractivity (Wildman–Crippen MR) is 113 cm³/mol. The summed E-state index contributed by atoms with van der Waals surface area (Å²) in [6.07, 6.45) is 5.86. The fraction of sp³-hybridized carbons (Fsp3) is 0.238. The molecule has 2 amide bonds. The number of nitriles is 1. The van der Waals surface area contributed by atoms with Gasteiger partial charge in [-0.05, 0) is 61.8 Å². The summed E-state index contributed by atoms with van der Waals surface area (Å²) < 4.78 is 0. The van der Waals surface area contributed by atoms with Crippen molar-refractivity contribution in [3.05, 3.63) is 58.8 Å². The lowest BCUT2D eigenvalue weighted by Crippen LogP contribution is -2.35. The normalized spacial score (nSPS) is 14.3. The first-order chi connectivity index (χ1) is 14.1. The molecule has 1 aromatic carbocycles. The Labute approximate surface area is 173 Å². The molecule has 29 heavy (non-hydrogen) atoms. The second kappa shape index (κ2) is 9.82. The number of allylic oxidation sites excluding steroid dienone is 1. The van der Waals surface area contributed by atoms with Gasteiger partial charge in [-0.25, -0.2) is 4.98 Å². The molecular formula is C21H20ClN5O2. The third-order valence-corrected chi connectivity index (χ3v) is 4.80. The van der Waals surface area contributed by atoms with E-state index in [9.17, 15) is 9.59 Å². The molecule has 148 valence electrons. The van der Waals surface area contributed by atoms with Crippen LogP contribution < -0.4 is 16.0 Å². The first kappa shape index (κ1) is 20.5. The van der Waals surface area contributed by atoms with Crippen LogP contribution in [0.4, 0.5) is 11.5 Å². The van der Waals surface area contributed by atoms with E-state index < -0.39 is 5.91 Å². The molecule has 1 saturated heterocycles. The predicted octanol–water partition coefficient (Wildman–Crippen LogP) is 3.46. The minimum atomic E-state index is -0.423. The molecule has 1 aliphatic heterocycles. The van der Waals surface area contributed by atoms with Gasteiger partial charge in [-0.1, -0.05) is 17.7 Å². The number of nitrogens with zero attached hydrogens (tertiary/aromatic N) is 2. The van der Waals surface area contributed by atoms with E-state index in [2.05, 4.69) is 20.9 Å². The number of pyridine rings is 1. The lowest BCUT2D eigenvalue weighted by Gasteiger charge is -2.22. The van der Waals surface area contributed by atoms with Gasteiger partial charge in [-0.15, -0.1) is 0 Å². The van der Waals surface area contributed by atoms with Gasteiger partial charge in [0.15, 0.2) is 0 Å². The molecule has 0 atom stereocenters. The Balaban J connectivity index is 1.85. The third kappa shape index (κ3) is 5.64. The zero-order valence-electron chi connectivity index (χ0n) is 15.6. The van der Waals surface area contributed by atoms with E-state index in [1.165, 1.54) is 12.3 Å². The third-order valence-electron chi connectivity index (χ3n) is 4.58. The van der Waals surface area contributed by atoms with Crippen LogP contribution in [0.1, 0.15) is 28.8 Å². The topological polar surface area (TPSA) is 107 Å². The number of hydrogen-bond donors (Lipinski definition) is 3. The highest BCUT2D eigenvalue weighted by Gasteiger charge is 2.23. The quantitative estimate of drug-likeness (QED) is 0.655. The van der Waals surface area contributed by atoms with Crippen molar-refractivity contribution in [2.24, 2.45) is 5.92 Å². The van der Waals surface area contributed by atoms with Gasteiger partial charge >= 0.3 is 0 Å². The van der Waals surface area contributed by atoms with Gasteiger partial charge in [0, 0.05) is 18.2 Å². The van der Waals surface area contributed by atoms with Crippen LogP contribution in [0.2, 0.25) is 5.02 Å². The number of benzene rings is 1. The number of halogens is 1. The Hall–Kier alpha value is -3.21. The zero-order chi connectivity index (χ0) is 20.6. The van der Waals surface area contributed by atoms with Crippen LogP contribution in [0.25, 0.3) is 6.08 Å². The van der Waals surface area contributed by atoms with Gasteiger partial charge in [0.25, 0.3) is 5.91 Å². The van der Waals surface area contributed by atoms with Crippen molar-refractivity contribution >= 4 is 41.0 Å². The summed E-state index contributed by atoms with van der Waals surface area (Å²) in [5.41, 5.74) is 1.36. The largest absolute Gasteiger partial charge is 0.325 e. The molecule has 0 unspecified atom stereocenters. The number of rotatable bonds is 5. The van der Waals surface area contributed by atoms with Gasteiger partial charge in [0.05, 0.1) is 22.3 Å². The standard InChI is InChI=1S/C21H20ClN5O2/c22-16-4-6-19(25-13-16)27-21(29)17-12-14(2-1-9-23)3-5-18(17)26-20(28)15-7-10-24-11-8-15/h1-6,12-13,15,24H,7-8,10-11H2,(H,26,28)(H,25,27,29)/b2-1-. The van der Waals surface area contributed by atoms with E-state index in [-0.39, 0.29) is 17.4 Å².